The molecule has 0 saturated carbocycles. The molecule has 0 aliphatic heterocycles. The van der Waals surface area contributed by atoms with E-state index in [4.69, 9.17) is 5.11 Å². The number of carboxylic acids is 1. The first-order valence-corrected chi connectivity index (χ1v) is 4.92. The third kappa shape index (κ3) is 3.05. The minimum atomic E-state index is -8.21. The minimum absolute atomic E-state index is 0. The van der Waals surface area contributed by atoms with Crippen LogP contribution in [-0.2, 0) is 4.79 Å². The molecule has 0 aromatic rings. The molecule has 25 heavy (non-hydrogen) atoms. The molecule has 0 bridgehead atoms. The van der Waals surface area contributed by atoms with Crippen LogP contribution in [0.1, 0.15) is 0 Å². The lowest BCUT2D eigenvalue weighted by molar-refractivity contribution is -0.429. The van der Waals surface area contributed by atoms with Gasteiger partial charge in [0.15, 0.2) is 0 Å². The number of carboxylic acid groups (broad SMARTS) is 1. The Morgan fingerprint density at radius 1 is 0.640 bits per heavy atom. The smallest absolute Gasteiger partial charge is 0.410 e. The maximum absolute atomic E-state index is 12.8. The molecule has 0 fully saturated rings. The van der Waals surface area contributed by atoms with Gasteiger partial charge in [0.1, 0.15) is 0 Å². The van der Waals surface area contributed by atoms with Gasteiger partial charge in [0.25, 0.3) is 0 Å². The van der Waals surface area contributed by atoms with Crippen LogP contribution in [0.5, 0.6) is 0 Å². The zero-order chi connectivity index (χ0) is 20.2. The van der Waals surface area contributed by atoms with Gasteiger partial charge in [-0.15, -0.1) is 0 Å². The van der Waals surface area contributed by atoms with Crippen molar-refractivity contribution >= 4 is 5.97 Å². The molecule has 5 N–H and O–H groups in total. The Balaban J connectivity index is 0. The Morgan fingerprint density at radius 2 is 0.920 bits per heavy atom. The quantitative estimate of drug-likeness (QED) is 0.602. The van der Waals surface area contributed by atoms with Crippen LogP contribution in [0.15, 0.2) is 0 Å². The van der Waals surface area contributed by atoms with Crippen molar-refractivity contribution in [3.8, 4) is 0 Å². The number of rotatable bonds is 7. The fraction of sp³-hybridized carbons (Fsp3) is 0.875. The van der Waals surface area contributed by atoms with Crippen molar-refractivity contribution in [3.63, 3.8) is 0 Å². The van der Waals surface area contributed by atoms with Gasteiger partial charge in [-0.1, -0.05) is 0 Å². The molecular formula is C8H6F14NO2+. The molecule has 0 unspecified atom stereocenters. The maximum Gasteiger partial charge on any atom is 0.410 e. The lowest BCUT2D eigenvalue weighted by Crippen LogP contribution is -2.72. The molecule has 0 spiro atoms. The first-order valence-electron chi connectivity index (χ1n) is 4.92. The first kappa shape index (κ1) is 25.7. The number of hydrogen-bond acceptors (Lipinski definition) is 1. The van der Waals surface area contributed by atoms with Crippen molar-refractivity contribution in [1.82, 2.24) is 6.15 Å². The average Bonchev–Trinajstić information content (AvgIpc) is 2.36. The van der Waals surface area contributed by atoms with E-state index in [0.29, 0.717) is 0 Å². The molecule has 0 rings (SSSR count). The molecule has 0 atom stereocenters. The van der Waals surface area contributed by atoms with Gasteiger partial charge in [0, 0.05) is 0 Å². The second kappa shape index (κ2) is 6.31. The summed E-state index contributed by atoms with van der Waals surface area (Å²) in [5, 5.41) is 7.59. The molecule has 0 radical (unpaired) electrons. The molecule has 0 aromatic heterocycles. The minimum Gasteiger partial charge on any atom is -0.477 e. The molecular weight excluding hydrogens is 408 g/mol. The third-order valence-electron chi connectivity index (χ3n) is 2.54. The van der Waals surface area contributed by atoms with Crippen LogP contribution in [0.3, 0.4) is 0 Å². The summed E-state index contributed by atoms with van der Waals surface area (Å²) in [6.45, 7) is 0. The SMILES string of the molecule is O=C(O)C(F)(F)C(F)(F)C(F)(F)C(F)(F)C(F)(F)C(F)(F)C(F)F.[NH4+]. The topological polar surface area (TPSA) is 73.8 Å². The van der Waals surface area contributed by atoms with Gasteiger partial charge in [-0.05, 0) is 0 Å². The van der Waals surface area contributed by atoms with Crippen molar-refractivity contribution < 1.29 is 71.4 Å². The Morgan fingerprint density at radius 3 is 1.16 bits per heavy atom. The summed E-state index contributed by atoms with van der Waals surface area (Å²) < 4.78 is 175. The number of quaternary nitrogens is 1. The van der Waals surface area contributed by atoms with E-state index in [9.17, 15) is 66.3 Å². The normalized spacial score (nSPS) is 15.2. The Labute approximate surface area is 127 Å². The summed E-state index contributed by atoms with van der Waals surface area (Å²) in [6, 6.07) is 0. The van der Waals surface area contributed by atoms with Crippen molar-refractivity contribution in [2.45, 2.75) is 42.0 Å². The number of aliphatic carboxylic acids is 1. The van der Waals surface area contributed by atoms with Crippen molar-refractivity contribution in [3.05, 3.63) is 0 Å². The highest BCUT2D eigenvalue weighted by atomic mass is 19.4. The van der Waals surface area contributed by atoms with Gasteiger partial charge in [-0.25, -0.2) is 13.6 Å². The predicted octanol–water partition coefficient (Wildman–Crippen LogP) is 4.52. The van der Waals surface area contributed by atoms with Crippen LogP contribution in [0.2, 0.25) is 0 Å². The summed E-state index contributed by atoms with van der Waals surface area (Å²) in [5.41, 5.74) is 0. The molecule has 0 aliphatic rings. The summed E-state index contributed by atoms with van der Waals surface area (Å²) in [6.07, 6.45) is -5.79. The lowest BCUT2D eigenvalue weighted by atomic mass is 9.91. The Bertz CT molecular complexity index is 501. The van der Waals surface area contributed by atoms with Crippen LogP contribution in [0.25, 0.3) is 0 Å². The maximum atomic E-state index is 12.8. The van der Waals surface area contributed by atoms with E-state index in [1.807, 2.05) is 0 Å². The second-order valence-corrected chi connectivity index (χ2v) is 4.10. The predicted molar refractivity (Wildman–Crippen MR) is 49.3 cm³/mol. The fourth-order valence-electron chi connectivity index (χ4n) is 1.07. The molecule has 3 nitrogen and oxygen atoms in total. The van der Waals surface area contributed by atoms with E-state index in [-0.39, 0.29) is 6.15 Å². The first-order chi connectivity index (χ1) is 10.1. The van der Waals surface area contributed by atoms with Gasteiger partial charge in [0.2, 0.25) is 0 Å². The van der Waals surface area contributed by atoms with Gasteiger partial charge >= 0.3 is 47.9 Å². The molecule has 152 valence electrons. The highest BCUT2D eigenvalue weighted by molar-refractivity contribution is 5.77. The molecule has 0 aromatic carbocycles. The van der Waals surface area contributed by atoms with Crippen molar-refractivity contribution in [2.75, 3.05) is 0 Å². The van der Waals surface area contributed by atoms with E-state index >= 15 is 0 Å². The van der Waals surface area contributed by atoms with E-state index in [0.717, 1.165) is 0 Å². The summed E-state index contributed by atoms with van der Waals surface area (Å²) >= 11 is 0. The van der Waals surface area contributed by atoms with E-state index in [1.54, 1.807) is 0 Å². The molecule has 17 heteroatoms. The van der Waals surface area contributed by atoms with Crippen LogP contribution < -0.4 is 6.15 Å². The standard InChI is InChI=1S/C8H2F14O2.H3N/c9-1(10)3(11,12)5(15,16)7(19,20)8(21,22)6(17,18)4(13,14)2(23)24;/h1H,(H,23,24);1H3/p+1. The molecule has 0 amide bonds. The zero-order valence-electron chi connectivity index (χ0n) is 11.2. The van der Waals surface area contributed by atoms with Crippen LogP contribution in [-0.4, -0.2) is 53.0 Å². The molecule has 0 saturated heterocycles. The lowest BCUT2D eigenvalue weighted by Gasteiger charge is -2.40. The number of hydrogen-bond donors (Lipinski definition) is 2. The van der Waals surface area contributed by atoms with Gasteiger partial charge in [0.05, 0.1) is 0 Å². The van der Waals surface area contributed by atoms with Gasteiger partial charge in [-0.2, -0.15) is 52.7 Å². The number of carbonyl (C=O) groups is 1. The second-order valence-electron chi connectivity index (χ2n) is 4.10. The van der Waals surface area contributed by atoms with Gasteiger partial charge in [-0.3, -0.25) is 0 Å². The highest BCUT2D eigenvalue weighted by Gasteiger charge is 2.92. The van der Waals surface area contributed by atoms with E-state index in [1.165, 1.54) is 0 Å². The van der Waals surface area contributed by atoms with Gasteiger partial charge < -0.3 is 11.3 Å². The monoisotopic (exact) mass is 414 g/mol. The molecule has 0 aliphatic carbocycles. The number of halogens is 14. The summed E-state index contributed by atoms with van der Waals surface area (Å²) in [4.78, 5) is 9.73. The summed E-state index contributed by atoms with van der Waals surface area (Å²) in [5.74, 6) is -50.9. The zero-order valence-corrected chi connectivity index (χ0v) is 11.2. The largest absolute Gasteiger partial charge is 0.477 e. The number of alkyl halides is 14. The summed E-state index contributed by atoms with van der Waals surface area (Å²) in [7, 11) is 0. The van der Waals surface area contributed by atoms with Crippen molar-refractivity contribution in [1.29, 1.82) is 0 Å². The Kier molecular flexibility index (Phi) is 6.49. The third-order valence-corrected chi connectivity index (χ3v) is 2.54. The van der Waals surface area contributed by atoms with Crippen LogP contribution >= 0.6 is 0 Å². The van der Waals surface area contributed by atoms with Crippen LogP contribution in [0, 0.1) is 0 Å². The van der Waals surface area contributed by atoms with Crippen molar-refractivity contribution in [2.24, 2.45) is 0 Å². The Hall–Kier alpha value is -1.55. The molecule has 0 heterocycles. The fourth-order valence-corrected chi connectivity index (χ4v) is 1.07. The van der Waals surface area contributed by atoms with E-state index < -0.39 is 47.9 Å². The van der Waals surface area contributed by atoms with E-state index in [2.05, 4.69) is 0 Å². The average molecular weight is 414 g/mol. The highest BCUT2D eigenvalue weighted by Crippen LogP contribution is 2.60. The van der Waals surface area contributed by atoms with Crippen LogP contribution in [0.4, 0.5) is 61.5 Å².